The number of halogens is 3. The maximum absolute atomic E-state index is 12.6. The minimum absolute atomic E-state index is 0.127. The molecule has 0 saturated carbocycles. The first-order valence-electron chi connectivity index (χ1n) is 7.60. The van der Waals surface area contributed by atoms with Gasteiger partial charge in [-0.2, -0.15) is 13.2 Å². The SMILES string of the molecule is CC(=O)N1CCN(Cc2ccc(C(F)(F)F)cc2)C[C@@H](C(N)=O)C1. The highest BCUT2D eigenvalue weighted by molar-refractivity contribution is 5.79. The lowest BCUT2D eigenvalue weighted by molar-refractivity contribution is -0.137. The molecular formula is C16H20F3N3O2. The Balaban J connectivity index is 2.08. The Morgan fingerprint density at radius 1 is 1.17 bits per heavy atom. The van der Waals surface area contributed by atoms with Crippen LogP contribution in [0.4, 0.5) is 13.2 Å². The van der Waals surface area contributed by atoms with E-state index in [1.54, 1.807) is 4.90 Å². The second kappa shape index (κ2) is 7.21. The predicted octanol–water partition coefficient (Wildman–Crippen LogP) is 1.47. The maximum atomic E-state index is 12.6. The lowest BCUT2D eigenvalue weighted by Gasteiger charge is -2.22. The van der Waals surface area contributed by atoms with Gasteiger partial charge in [-0.15, -0.1) is 0 Å². The molecule has 2 N–H and O–H groups in total. The van der Waals surface area contributed by atoms with E-state index >= 15 is 0 Å². The number of carbonyl (C=O) groups is 2. The molecule has 2 rings (SSSR count). The van der Waals surface area contributed by atoms with E-state index in [4.69, 9.17) is 5.73 Å². The molecule has 1 heterocycles. The van der Waals surface area contributed by atoms with E-state index in [-0.39, 0.29) is 12.5 Å². The number of nitrogens with two attached hydrogens (primary N) is 1. The zero-order valence-electron chi connectivity index (χ0n) is 13.3. The molecule has 24 heavy (non-hydrogen) atoms. The summed E-state index contributed by atoms with van der Waals surface area (Å²) in [5, 5.41) is 0. The van der Waals surface area contributed by atoms with Gasteiger partial charge in [0.05, 0.1) is 11.5 Å². The Bertz CT molecular complexity index is 602. The van der Waals surface area contributed by atoms with Gasteiger partial charge in [0.2, 0.25) is 11.8 Å². The summed E-state index contributed by atoms with van der Waals surface area (Å²) < 4.78 is 37.8. The van der Waals surface area contributed by atoms with Crippen molar-refractivity contribution in [2.45, 2.75) is 19.6 Å². The summed E-state index contributed by atoms with van der Waals surface area (Å²) in [6.45, 7) is 3.47. The van der Waals surface area contributed by atoms with Crippen LogP contribution < -0.4 is 5.73 Å². The molecule has 0 spiro atoms. The van der Waals surface area contributed by atoms with Crippen molar-refractivity contribution in [3.8, 4) is 0 Å². The van der Waals surface area contributed by atoms with Crippen LogP contribution in [0, 0.1) is 5.92 Å². The van der Waals surface area contributed by atoms with Crippen molar-refractivity contribution < 1.29 is 22.8 Å². The van der Waals surface area contributed by atoms with Crippen LogP contribution in [-0.2, 0) is 22.3 Å². The molecule has 0 bridgehead atoms. The number of rotatable bonds is 3. The Labute approximate surface area is 138 Å². The number of benzene rings is 1. The molecule has 0 aromatic heterocycles. The van der Waals surface area contributed by atoms with Gasteiger partial charge in [0.1, 0.15) is 0 Å². The van der Waals surface area contributed by atoms with Crippen LogP contribution in [0.25, 0.3) is 0 Å². The molecule has 0 aliphatic carbocycles. The van der Waals surface area contributed by atoms with E-state index in [2.05, 4.69) is 0 Å². The minimum atomic E-state index is -4.36. The van der Waals surface area contributed by atoms with Crippen LogP contribution in [0.15, 0.2) is 24.3 Å². The van der Waals surface area contributed by atoms with Crippen LogP contribution in [0.5, 0.6) is 0 Å². The third kappa shape index (κ3) is 4.70. The van der Waals surface area contributed by atoms with Crippen molar-refractivity contribution >= 4 is 11.8 Å². The van der Waals surface area contributed by atoms with Crippen molar-refractivity contribution in [2.75, 3.05) is 26.2 Å². The number of alkyl halides is 3. The summed E-state index contributed by atoms with van der Waals surface area (Å²) in [4.78, 5) is 26.6. The summed E-state index contributed by atoms with van der Waals surface area (Å²) in [6.07, 6.45) is -4.36. The van der Waals surface area contributed by atoms with Gasteiger partial charge in [-0.3, -0.25) is 14.5 Å². The van der Waals surface area contributed by atoms with Crippen LogP contribution in [-0.4, -0.2) is 47.8 Å². The van der Waals surface area contributed by atoms with Crippen molar-refractivity contribution in [1.29, 1.82) is 0 Å². The van der Waals surface area contributed by atoms with E-state index in [1.807, 2.05) is 4.90 Å². The number of hydrogen-bond donors (Lipinski definition) is 1. The Kier molecular flexibility index (Phi) is 5.48. The topological polar surface area (TPSA) is 66.6 Å². The van der Waals surface area contributed by atoms with Crippen LogP contribution >= 0.6 is 0 Å². The largest absolute Gasteiger partial charge is 0.416 e. The number of carbonyl (C=O) groups excluding carboxylic acids is 2. The third-order valence-electron chi connectivity index (χ3n) is 4.14. The molecule has 2 amide bonds. The molecule has 1 aromatic carbocycles. The lowest BCUT2D eigenvalue weighted by atomic mass is 10.1. The van der Waals surface area contributed by atoms with Gasteiger partial charge in [0, 0.05) is 39.6 Å². The average molecular weight is 343 g/mol. The molecule has 132 valence electrons. The van der Waals surface area contributed by atoms with Gasteiger partial charge in [0.25, 0.3) is 0 Å². The van der Waals surface area contributed by atoms with E-state index in [1.165, 1.54) is 19.1 Å². The summed E-state index contributed by atoms with van der Waals surface area (Å²) in [5.74, 6) is -1.11. The molecule has 0 radical (unpaired) electrons. The molecule has 1 fully saturated rings. The fraction of sp³-hybridized carbons (Fsp3) is 0.500. The zero-order valence-corrected chi connectivity index (χ0v) is 13.3. The predicted molar refractivity (Wildman–Crippen MR) is 81.7 cm³/mol. The fourth-order valence-corrected chi connectivity index (χ4v) is 2.75. The Morgan fingerprint density at radius 3 is 2.29 bits per heavy atom. The second-order valence-electron chi connectivity index (χ2n) is 5.99. The molecule has 0 unspecified atom stereocenters. The van der Waals surface area contributed by atoms with E-state index < -0.39 is 23.6 Å². The maximum Gasteiger partial charge on any atom is 0.416 e. The Hall–Kier alpha value is -2.09. The number of amides is 2. The summed E-state index contributed by atoms with van der Waals surface area (Å²) >= 11 is 0. The van der Waals surface area contributed by atoms with Gasteiger partial charge >= 0.3 is 6.18 Å². The van der Waals surface area contributed by atoms with E-state index in [9.17, 15) is 22.8 Å². The smallest absolute Gasteiger partial charge is 0.369 e. The highest BCUT2D eigenvalue weighted by Crippen LogP contribution is 2.29. The molecule has 1 aliphatic heterocycles. The summed E-state index contributed by atoms with van der Waals surface area (Å²) in [6, 6.07) is 4.94. The molecule has 1 atom stereocenters. The third-order valence-corrected chi connectivity index (χ3v) is 4.14. The van der Waals surface area contributed by atoms with Crippen molar-refractivity contribution in [1.82, 2.24) is 9.80 Å². The highest BCUT2D eigenvalue weighted by Gasteiger charge is 2.30. The van der Waals surface area contributed by atoms with Gasteiger partial charge in [0.15, 0.2) is 0 Å². The average Bonchev–Trinajstić information content (AvgIpc) is 2.70. The van der Waals surface area contributed by atoms with E-state index in [0.717, 1.165) is 12.1 Å². The first-order valence-corrected chi connectivity index (χ1v) is 7.60. The molecule has 1 saturated heterocycles. The molecule has 8 heteroatoms. The fourth-order valence-electron chi connectivity index (χ4n) is 2.75. The molecule has 5 nitrogen and oxygen atoms in total. The van der Waals surface area contributed by atoms with Gasteiger partial charge < -0.3 is 10.6 Å². The normalized spacial score (nSPS) is 19.8. The zero-order chi connectivity index (χ0) is 17.9. The van der Waals surface area contributed by atoms with Crippen LogP contribution in [0.2, 0.25) is 0 Å². The minimum Gasteiger partial charge on any atom is -0.369 e. The molecule has 1 aromatic rings. The number of primary amides is 1. The van der Waals surface area contributed by atoms with Crippen molar-refractivity contribution in [2.24, 2.45) is 11.7 Å². The van der Waals surface area contributed by atoms with Crippen molar-refractivity contribution in [3.05, 3.63) is 35.4 Å². The number of hydrogen-bond acceptors (Lipinski definition) is 3. The Morgan fingerprint density at radius 2 is 1.79 bits per heavy atom. The second-order valence-corrected chi connectivity index (χ2v) is 5.99. The van der Waals surface area contributed by atoms with Gasteiger partial charge in [-0.05, 0) is 17.7 Å². The van der Waals surface area contributed by atoms with Gasteiger partial charge in [-0.25, -0.2) is 0 Å². The quantitative estimate of drug-likeness (QED) is 0.904. The summed E-state index contributed by atoms with van der Waals surface area (Å²) in [7, 11) is 0. The van der Waals surface area contributed by atoms with Gasteiger partial charge in [-0.1, -0.05) is 12.1 Å². The lowest BCUT2D eigenvalue weighted by Crippen LogP contribution is -2.39. The monoisotopic (exact) mass is 343 g/mol. The first-order chi connectivity index (χ1) is 11.2. The highest BCUT2D eigenvalue weighted by atomic mass is 19.4. The van der Waals surface area contributed by atoms with Crippen LogP contribution in [0.1, 0.15) is 18.1 Å². The first kappa shape index (κ1) is 18.3. The summed E-state index contributed by atoms with van der Waals surface area (Å²) in [5.41, 5.74) is 5.41. The van der Waals surface area contributed by atoms with Crippen LogP contribution in [0.3, 0.4) is 0 Å². The van der Waals surface area contributed by atoms with E-state index in [0.29, 0.717) is 31.7 Å². The number of nitrogens with zero attached hydrogens (tertiary/aromatic N) is 2. The molecule has 1 aliphatic rings. The van der Waals surface area contributed by atoms with Crippen molar-refractivity contribution in [3.63, 3.8) is 0 Å². The molecular weight excluding hydrogens is 323 g/mol. The standard InChI is InChI=1S/C16H20F3N3O2/c1-11(23)22-7-6-21(9-13(10-22)15(20)24)8-12-2-4-14(5-3-12)16(17,18)19/h2-5,13H,6-10H2,1H3,(H2,20,24)/t13-/m1/s1.